The van der Waals surface area contributed by atoms with Gasteiger partial charge in [-0.15, -0.1) is 11.3 Å². The first-order chi connectivity index (χ1) is 10.1. The van der Waals surface area contributed by atoms with Crippen LogP contribution >= 0.6 is 11.3 Å². The van der Waals surface area contributed by atoms with Crippen LogP contribution in [0.15, 0.2) is 21.7 Å². The van der Waals surface area contributed by atoms with Gasteiger partial charge in [-0.1, -0.05) is 5.16 Å². The van der Waals surface area contributed by atoms with Crippen LogP contribution in [-0.2, 0) is 6.54 Å². The van der Waals surface area contributed by atoms with Crippen molar-refractivity contribution in [1.82, 2.24) is 20.4 Å². The number of nitrogens with zero attached hydrogens (tertiary/aromatic N) is 2. The van der Waals surface area contributed by atoms with Crippen LogP contribution in [-0.4, -0.2) is 21.0 Å². The minimum absolute atomic E-state index is 0.237. The number of H-pyrrole nitrogens is 1. The Kier molecular flexibility index (Phi) is 3.30. The van der Waals surface area contributed by atoms with Crippen LogP contribution in [0.4, 0.5) is 0 Å². The monoisotopic (exact) mass is 304 g/mol. The Morgan fingerprint density at radius 1 is 1.48 bits per heavy atom. The molecule has 0 aliphatic rings. The average molecular weight is 304 g/mol. The molecule has 0 spiro atoms. The third-order valence-electron chi connectivity index (χ3n) is 3.04. The Balaban J connectivity index is 1.86. The quantitative estimate of drug-likeness (QED) is 0.764. The molecule has 3 aromatic rings. The summed E-state index contributed by atoms with van der Waals surface area (Å²) in [5, 5.41) is 6.96. The lowest BCUT2D eigenvalue weighted by Gasteiger charge is -2.01. The Morgan fingerprint density at radius 3 is 2.95 bits per heavy atom. The normalized spacial score (nSPS) is 11.0. The zero-order valence-electron chi connectivity index (χ0n) is 11.4. The summed E-state index contributed by atoms with van der Waals surface area (Å²) in [7, 11) is 0. The number of hydrogen-bond acceptors (Lipinski definition) is 6. The molecule has 0 saturated carbocycles. The molecule has 0 bridgehead atoms. The number of rotatable bonds is 3. The average Bonchev–Trinajstić information content (AvgIpc) is 3.01. The lowest BCUT2D eigenvalue weighted by atomic mass is 10.2. The van der Waals surface area contributed by atoms with Gasteiger partial charge in [-0.25, -0.2) is 4.98 Å². The highest BCUT2D eigenvalue weighted by molar-refractivity contribution is 7.20. The van der Waals surface area contributed by atoms with Crippen LogP contribution in [0.1, 0.15) is 26.7 Å². The van der Waals surface area contributed by atoms with E-state index in [1.807, 2.05) is 6.92 Å². The van der Waals surface area contributed by atoms with Gasteiger partial charge in [0, 0.05) is 6.07 Å². The van der Waals surface area contributed by atoms with E-state index in [0.29, 0.717) is 26.4 Å². The molecule has 0 fully saturated rings. The maximum absolute atomic E-state index is 12.2. The molecule has 3 aromatic heterocycles. The molecule has 7 nitrogen and oxygen atoms in total. The molecule has 8 heteroatoms. The number of carbonyl (C=O) groups excluding carboxylic acids is 1. The van der Waals surface area contributed by atoms with E-state index in [1.54, 1.807) is 13.0 Å². The second kappa shape index (κ2) is 5.13. The molecule has 0 aliphatic carbocycles. The van der Waals surface area contributed by atoms with Crippen LogP contribution in [0.25, 0.3) is 10.2 Å². The van der Waals surface area contributed by atoms with E-state index in [-0.39, 0.29) is 18.0 Å². The van der Waals surface area contributed by atoms with Gasteiger partial charge >= 0.3 is 0 Å². The topological polar surface area (TPSA) is 101 Å². The van der Waals surface area contributed by atoms with Crippen LogP contribution in [0, 0.1) is 13.8 Å². The van der Waals surface area contributed by atoms with Crippen molar-refractivity contribution in [2.24, 2.45) is 0 Å². The lowest BCUT2D eigenvalue weighted by Crippen LogP contribution is -2.22. The Labute approximate surface area is 123 Å². The van der Waals surface area contributed by atoms with Crippen molar-refractivity contribution < 1.29 is 9.32 Å². The van der Waals surface area contributed by atoms with E-state index in [9.17, 15) is 9.59 Å². The van der Waals surface area contributed by atoms with Gasteiger partial charge in [0.1, 0.15) is 4.83 Å². The van der Waals surface area contributed by atoms with Gasteiger partial charge in [-0.2, -0.15) is 0 Å². The Morgan fingerprint density at radius 2 is 2.29 bits per heavy atom. The largest absolute Gasteiger partial charge is 0.359 e. The van der Waals surface area contributed by atoms with Crippen LogP contribution in [0.5, 0.6) is 0 Å². The molecule has 0 aliphatic heterocycles. The number of aromatic nitrogens is 3. The number of hydrogen-bond donors (Lipinski definition) is 2. The first kappa shape index (κ1) is 13.5. The molecule has 0 radical (unpaired) electrons. The van der Waals surface area contributed by atoms with Gasteiger partial charge in [-0.3, -0.25) is 9.59 Å². The highest BCUT2D eigenvalue weighted by Crippen LogP contribution is 2.26. The van der Waals surface area contributed by atoms with Crippen molar-refractivity contribution in [3.63, 3.8) is 0 Å². The fourth-order valence-corrected chi connectivity index (χ4v) is 3.11. The summed E-state index contributed by atoms with van der Waals surface area (Å²) in [5.41, 5.74) is 1.15. The van der Waals surface area contributed by atoms with Gasteiger partial charge in [0.15, 0.2) is 5.76 Å². The minimum Gasteiger partial charge on any atom is -0.359 e. The first-order valence-electron chi connectivity index (χ1n) is 6.23. The molecule has 3 rings (SSSR count). The third-order valence-corrected chi connectivity index (χ3v) is 4.24. The maximum Gasteiger partial charge on any atom is 0.262 e. The van der Waals surface area contributed by atoms with Crippen molar-refractivity contribution >= 4 is 27.5 Å². The molecular weight excluding hydrogens is 292 g/mol. The molecule has 2 N–H and O–H groups in total. The third kappa shape index (κ3) is 2.45. The Hall–Kier alpha value is -2.48. The number of carbonyl (C=O) groups is 1. The zero-order chi connectivity index (χ0) is 15.0. The summed E-state index contributed by atoms with van der Waals surface area (Å²) < 4.78 is 5.03. The van der Waals surface area contributed by atoms with Gasteiger partial charge in [0.25, 0.3) is 11.5 Å². The van der Waals surface area contributed by atoms with Gasteiger partial charge < -0.3 is 14.8 Å². The van der Waals surface area contributed by atoms with Crippen molar-refractivity contribution in [2.45, 2.75) is 20.4 Å². The van der Waals surface area contributed by atoms with E-state index < -0.39 is 0 Å². The van der Waals surface area contributed by atoms with Crippen LogP contribution in [0.3, 0.4) is 0 Å². The van der Waals surface area contributed by atoms with Gasteiger partial charge in [0.2, 0.25) is 0 Å². The van der Waals surface area contributed by atoms with E-state index in [0.717, 1.165) is 5.69 Å². The highest BCUT2D eigenvalue weighted by Gasteiger charge is 2.18. The molecule has 1 amide bonds. The van der Waals surface area contributed by atoms with E-state index in [4.69, 9.17) is 4.52 Å². The number of nitrogens with one attached hydrogen (secondary N) is 2. The van der Waals surface area contributed by atoms with Crippen LogP contribution in [0.2, 0.25) is 0 Å². The predicted molar refractivity (Wildman–Crippen MR) is 77.4 cm³/mol. The molecule has 3 heterocycles. The fourth-order valence-electron chi connectivity index (χ4n) is 2.04. The van der Waals surface area contributed by atoms with Crippen molar-refractivity contribution in [3.05, 3.63) is 44.6 Å². The predicted octanol–water partition coefficient (Wildman–Crippen LogP) is 1.52. The Bertz CT molecular complexity index is 877. The molecule has 0 aromatic carbocycles. The number of aryl methyl sites for hydroxylation is 2. The summed E-state index contributed by atoms with van der Waals surface area (Å²) in [4.78, 5) is 31.6. The number of aromatic amines is 1. The summed E-state index contributed by atoms with van der Waals surface area (Å²) in [6, 6.07) is 1.75. The smallest absolute Gasteiger partial charge is 0.262 e. The lowest BCUT2D eigenvalue weighted by molar-refractivity contribution is 0.0950. The molecule has 0 atom stereocenters. The standard InChI is InChI=1S/C13H12N4O3S/c1-6-3-8(20-17-6)4-14-12(19)10-7(2)9-11(18)15-5-16-13(9)21-10/h3,5H,4H2,1-2H3,(H,14,19)(H,15,16,18). The fraction of sp³-hybridized carbons (Fsp3) is 0.231. The highest BCUT2D eigenvalue weighted by atomic mass is 32.1. The molecule has 108 valence electrons. The van der Waals surface area contributed by atoms with Gasteiger partial charge in [-0.05, 0) is 19.4 Å². The van der Waals surface area contributed by atoms with Gasteiger partial charge in [0.05, 0.1) is 28.8 Å². The first-order valence-corrected chi connectivity index (χ1v) is 7.05. The molecule has 21 heavy (non-hydrogen) atoms. The van der Waals surface area contributed by atoms with E-state index >= 15 is 0 Å². The van der Waals surface area contributed by atoms with E-state index in [2.05, 4.69) is 20.4 Å². The second-order valence-corrected chi connectivity index (χ2v) is 5.58. The van der Waals surface area contributed by atoms with Crippen molar-refractivity contribution in [3.8, 4) is 0 Å². The summed E-state index contributed by atoms with van der Waals surface area (Å²) in [6.45, 7) is 3.79. The molecule has 0 unspecified atom stereocenters. The summed E-state index contributed by atoms with van der Waals surface area (Å²) in [5.74, 6) is 0.319. The van der Waals surface area contributed by atoms with Crippen molar-refractivity contribution in [1.29, 1.82) is 0 Å². The molecular formula is C13H12N4O3S. The maximum atomic E-state index is 12.2. The summed E-state index contributed by atoms with van der Waals surface area (Å²) in [6.07, 6.45) is 1.33. The number of thiophene rings is 1. The second-order valence-electron chi connectivity index (χ2n) is 4.59. The SMILES string of the molecule is Cc1cc(CNC(=O)c2sc3nc[nH]c(=O)c3c2C)on1. The van der Waals surface area contributed by atoms with Crippen LogP contribution < -0.4 is 10.9 Å². The minimum atomic E-state index is -0.260. The number of amides is 1. The van der Waals surface area contributed by atoms with Crippen molar-refractivity contribution in [2.75, 3.05) is 0 Å². The zero-order valence-corrected chi connectivity index (χ0v) is 12.2. The summed E-state index contributed by atoms with van der Waals surface area (Å²) >= 11 is 1.20. The number of fused-ring (bicyclic) bond motifs is 1. The molecule has 0 saturated heterocycles. The van der Waals surface area contributed by atoms with E-state index in [1.165, 1.54) is 17.7 Å².